The molecule has 1 unspecified atom stereocenters. The summed E-state index contributed by atoms with van der Waals surface area (Å²) in [6.07, 6.45) is -0.454. The van der Waals surface area contributed by atoms with E-state index in [-0.39, 0.29) is 6.54 Å². The van der Waals surface area contributed by atoms with Gasteiger partial charge < -0.3 is 15.1 Å². The molecule has 0 saturated carbocycles. The van der Waals surface area contributed by atoms with Crippen LogP contribution in [0.2, 0.25) is 0 Å². The van der Waals surface area contributed by atoms with Crippen molar-refractivity contribution in [3.05, 3.63) is 0 Å². The summed E-state index contributed by atoms with van der Waals surface area (Å²) in [5.74, 6) is -3.14. The molecular formula is C9H18N2O6S. The van der Waals surface area contributed by atoms with Crippen molar-refractivity contribution in [1.29, 1.82) is 0 Å². The van der Waals surface area contributed by atoms with Gasteiger partial charge in [-0.2, -0.15) is 0 Å². The molecule has 8 nitrogen and oxygen atoms in total. The van der Waals surface area contributed by atoms with Crippen LogP contribution < -0.4 is 4.72 Å². The second kappa shape index (κ2) is 7.29. The van der Waals surface area contributed by atoms with Crippen molar-refractivity contribution in [2.75, 3.05) is 27.2 Å². The second-order valence-corrected chi connectivity index (χ2v) is 5.97. The van der Waals surface area contributed by atoms with Crippen LogP contribution >= 0.6 is 0 Å². The molecule has 1 atom stereocenters. The quantitative estimate of drug-likeness (QED) is 0.453. The fourth-order valence-corrected chi connectivity index (χ4v) is 2.46. The molecule has 0 radical (unpaired) electrons. The zero-order chi connectivity index (χ0) is 14.3. The van der Waals surface area contributed by atoms with Crippen LogP contribution in [0.1, 0.15) is 12.8 Å². The molecule has 0 saturated heterocycles. The van der Waals surface area contributed by atoms with E-state index >= 15 is 0 Å². The number of sulfonamides is 1. The van der Waals surface area contributed by atoms with E-state index in [0.29, 0.717) is 13.0 Å². The Kier molecular flexibility index (Phi) is 6.81. The molecule has 0 heterocycles. The number of hydrogen-bond donors (Lipinski definition) is 3. The zero-order valence-electron chi connectivity index (χ0n) is 10.3. The van der Waals surface area contributed by atoms with Crippen LogP contribution in [-0.2, 0) is 19.6 Å². The molecule has 18 heavy (non-hydrogen) atoms. The van der Waals surface area contributed by atoms with Crippen LogP contribution in [0.3, 0.4) is 0 Å². The smallest absolute Gasteiger partial charge is 0.323 e. The average Bonchev–Trinajstić information content (AvgIpc) is 2.20. The predicted molar refractivity (Wildman–Crippen MR) is 63.8 cm³/mol. The van der Waals surface area contributed by atoms with Gasteiger partial charge in [0.05, 0.1) is 6.42 Å². The lowest BCUT2D eigenvalue weighted by molar-refractivity contribution is -0.143. The molecule has 0 amide bonds. The third-order valence-corrected chi connectivity index (χ3v) is 3.82. The van der Waals surface area contributed by atoms with Crippen molar-refractivity contribution >= 4 is 22.0 Å². The normalized spacial score (nSPS) is 13.5. The van der Waals surface area contributed by atoms with E-state index in [0.717, 1.165) is 0 Å². The van der Waals surface area contributed by atoms with E-state index in [1.54, 1.807) is 0 Å². The Morgan fingerprint density at radius 2 is 1.83 bits per heavy atom. The topological polar surface area (TPSA) is 124 Å². The maximum atomic E-state index is 11.6. The highest BCUT2D eigenvalue weighted by atomic mass is 32.2. The number of carboxylic acids is 2. The molecule has 106 valence electrons. The monoisotopic (exact) mass is 282 g/mol. The summed E-state index contributed by atoms with van der Waals surface area (Å²) >= 11 is 0. The standard InChI is InChI=1S/C9H18N2O6S/c1-11(2)5-3-4-10-18(16,17)7(9(14)15)6-8(12)13/h7,10H,3-6H2,1-2H3,(H,12,13)(H,14,15). The first-order valence-corrected chi connectivity index (χ1v) is 6.79. The van der Waals surface area contributed by atoms with Crippen molar-refractivity contribution < 1.29 is 28.2 Å². The summed E-state index contributed by atoms with van der Waals surface area (Å²) in [5.41, 5.74) is 0. The Labute approximate surface area is 106 Å². The minimum absolute atomic E-state index is 0.0733. The van der Waals surface area contributed by atoms with Gasteiger partial charge in [-0.25, -0.2) is 13.1 Å². The van der Waals surface area contributed by atoms with Crippen LogP contribution in [0.5, 0.6) is 0 Å². The van der Waals surface area contributed by atoms with Gasteiger partial charge in [0.2, 0.25) is 10.0 Å². The van der Waals surface area contributed by atoms with Gasteiger partial charge in [-0.15, -0.1) is 0 Å². The van der Waals surface area contributed by atoms with Crippen LogP contribution in [0.4, 0.5) is 0 Å². The van der Waals surface area contributed by atoms with Gasteiger partial charge in [0, 0.05) is 6.54 Å². The molecule has 0 fully saturated rings. The van der Waals surface area contributed by atoms with E-state index in [1.807, 2.05) is 19.0 Å². The first-order chi connectivity index (χ1) is 8.16. The Balaban J connectivity index is 4.47. The fraction of sp³-hybridized carbons (Fsp3) is 0.778. The Morgan fingerprint density at radius 3 is 2.22 bits per heavy atom. The highest BCUT2D eigenvalue weighted by Crippen LogP contribution is 2.05. The average molecular weight is 282 g/mol. The lowest BCUT2D eigenvalue weighted by atomic mass is 10.3. The summed E-state index contributed by atoms with van der Waals surface area (Å²) in [6, 6.07) is 0. The van der Waals surface area contributed by atoms with Crippen LogP contribution in [0.25, 0.3) is 0 Å². The molecule has 0 aliphatic carbocycles. The third-order valence-electron chi connectivity index (χ3n) is 2.10. The van der Waals surface area contributed by atoms with E-state index in [4.69, 9.17) is 10.2 Å². The van der Waals surface area contributed by atoms with Crippen molar-refractivity contribution in [2.24, 2.45) is 0 Å². The number of aliphatic carboxylic acids is 2. The van der Waals surface area contributed by atoms with Gasteiger partial charge in [0.15, 0.2) is 5.25 Å². The van der Waals surface area contributed by atoms with Gasteiger partial charge in [-0.1, -0.05) is 0 Å². The van der Waals surface area contributed by atoms with Gasteiger partial charge in [0.1, 0.15) is 0 Å². The molecule has 0 aliphatic rings. The van der Waals surface area contributed by atoms with Crippen molar-refractivity contribution in [2.45, 2.75) is 18.1 Å². The highest BCUT2D eigenvalue weighted by Gasteiger charge is 2.34. The molecule has 0 aromatic rings. The van der Waals surface area contributed by atoms with E-state index in [9.17, 15) is 18.0 Å². The fourth-order valence-electron chi connectivity index (χ4n) is 1.20. The first-order valence-electron chi connectivity index (χ1n) is 5.24. The lowest BCUT2D eigenvalue weighted by Gasteiger charge is -2.13. The molecule has 3 N–H and O–H groups in total. The minimum Gasteiger partial charge on any atom is -0.481 e. The van der Waals surface area contributed by atoms with Gasteiger partial charge >= 0.3 is 11.9 Å². The molecule has 9 heteroatoms. The summed E-state index contributed by atoms with van der Waals surface area (Å²) in [7, 11) is -0.527. The number of rotatable bonds is 9. The molecule has 0 rings (SSSR count). The van der Waals surface area contributed by atoms with Crippen molar-refractivity contribution in [3.8, 4) is 0 Å². The van der Waals surface area contributed by atoms with Crippen LogP contribution in [-0.4, -0.2) is 67.9 Å². The predicted octanol–water partition coefficient (Wildman–Crippen LogP) is -1.21. The maximum Gasteiger partial charge on any atom is 0.323 e. The summed E-state index contributed by atoms with van der Waals surface area (Å²) in [5, 5.41) is 15.2. The van der Waals surface area contributed by atoms with Gasteiger partial charge in [-0.3, -0.25) is 9.59 Å². The highest BCUT2D eigenvalue weighted by molar-refractivity contribution is 7.90. The molecule has 0 aromatic carbocycles. The largest absolute Gasteiger partial charge is 0.481 e. The number of nitrogens with one attached hydrogen (secondary N) is 1. The van der Waals surface area contributed by atoms with Crippen molar-refractivity contribution in [3.63, 3.8) is 0 Å². The lowest BCUT2D eigenvalue weighted by Crippen LogP contribution is -2.41. The van der Waals surface area contributed by atoms with Crippen molar-refractivity contribution in [1.82, 2.24) is 9.62 Å². The maximum absolute atomic E-state index is 11.6. The van der Waals surface area contributed by atoms with E-state index < -0.39 is 33.6 Å². The summed E-state index contributed by atoms with van der Waals surface area (Å²) in [4.78, 5) is 23.0. The van der Waals surface area contributed by atoms with E-state index in [1.165, 1.54) is 0 Å². The SMILES string of the molecule is CN(C)CCCNS(=O)(=O)C(CC(=O)O)C(=O)O. The number of carbonyl (C=O) groups is 2. The van der Waals surface area contributed by atoms with Crippen LogP contribution in [0.15, 0.2) is 0 Å². The molecule has 0 spiro atoms. The number of carboxylic acid groups (broad SMARTS) is 2. The second-order valence-electron chi connectivity index (χ2n) is 4.02. The first kappa shape index (κ1) is 16.8. The molecule has 0 aromatic heterocycles. The number of hydrogen-bond acceptors (Lipinski definition) is 5. The molecule has 0 aliphatic heterocycles. The Bertz CT molecular complexity index is 392. The van der Waals surface area contributed by atoms with Crippen LogP contribution in [0, 0.1) is 0 Å². The Hall–Kier alpha value is -1.19. The zero-order valence-corrected chi connectivity index (χ0v) is 11.1. The minimum atomic E-state index is -4.16. The molecule has 0 bridgehead atoms. The van der Waals surface area contributed by atoms with Gasteiger partial charge in [0.25, 0.3) is 0 Å². The molecular weight excluding hydrogens is 264 g/mol. The van der Waals surface area contributed by atoms with Gasteiger partial charge in [-0.05, 0) is 27.1 Å². The number of nitrogens with zero attached hydrogens (tertiary/aromatic N) is 1. The Morgan fingerprint density at radius 1 is 1.28 bits per heavy atom. The summed E-state index contributed by atoms with van der Waals surface area (Å²) in [6.45, 7) is 0.711. The summed E-state index contributed by atoms with van der Waals surface area (Å²) < 4.78 is 25.3. The third kappa shape index (κ3) is 6.52. The van der Waals surface area contributed by atoms with E-state index in [2.05, 4.69) is 4.72 Å².